The molecule has 4 aromatic rings. The maximum absolute atomic E-state index is 12.7. The lowest BCUT2D eigenvalue weighted by Crippen LogP contribution is -2.16. The van der Waals surface area contributed by atoms with Gasteiger partial charge in [-0.15, -0.1) is 10.2 Å². The van der Waals surface area contributed by atoms with Crippen LogP contribution in [0.5, 0.6) is 5.75 Å². The highest BCUT2D eigenvalue weighted by Crippen LogP contribution is 2.30. The second kappa shape index (κ2) is 7.98. The van der Waals surface area contributed by atoms with Crippen molar-refractivity contribution in [1.29, 1.82) is 0 Å². The van der Waals surface area contributed by atoms with Crippen LogP contribution in [0.3, 0.4) is 0 Å². The molecule has 13 heteroatoms. The van der Waals surface area contributed by atoms with Crippen LogP contribution in [-0.2, 0) is 7.05 Å². The molecule has 0 fully saturated rings. The van der Waals surface area contributed by atoms with E-state index in [0.717, 1.165) is 20.6 Å². The Morgan fingerprint density at radius 3 is 2.80 bits per heavy atom. The number of aromatic nitrogens is 6. The number of rotatable bonds is 5. The van der Waals surface area contributed by atoms with E-state index in [-0.39, 0.29) is 16.6 Å². The van der Waals surface area contributed by atoms with Crippen molar-refractivity contribution in [2.24, 2.45) is 7.05 Å². The van der Waals surface area contributed by atoms with Crippen LogP contribution in [0.4, 0.5) is 5.13 Å². The minimum atomic E-state index is -0.785. The number of hydrogen-bond acceptors (Lipinski definition) is 9. The summed E-state index contributed by atoms with van der Waals surface area (Å²) in [7, 11) is 3.11. The summed E-state index contributed by atoms with van der Waals surface area (Å²) in [6.07, 6.45) is 3.42. The lowest BCUT2D eigenvalue weighted by atomic mass is 10.1. The number of methoxy groups -OCH3 is 1. The van der Waals surface area contributed by atoms with E-state index >= 15 is 0 Å². The van der Waals surface area contributed by atoms with Crippen LogP contribution in [0, 0.1) is 10.5 Å². The SMILES string of the molecule is COc1c(-c2nn(C)cc2I)cc(C(=O)Nc2nnc(-n3nccc3C)s2)oc1=O. The molecular weight excluding hydrogens is 525 g/mol. The lowest BCUT2D eigenvalue weighted by molar-refractivity contribution is 0.0991. The van der Waals surface area contributed by atoms with Crippen molar-refractivity contribution in [1.82, 2.24) is 29.8 Å². The molecule has 0 atom stereocenters. The number of aryl methyl sites for hydroxylation is 2. The predicted molar refractivity (Wildman–Crippen MR) is 116 cm³/mol. The van der Waals surface area contributed by atoms with E-state index < -0.39 is 11.5 Å². The van der Waals surface area contributed by atoms with Gasteiger partial charge in [-0.25, -0.2) is 9.48 Å². The summed E-state index contributed by atoms with van der Waals surface area (Å²) < 4.78 is 14.3. The third-order valence-corrected chi connectivity index (χ3v) is 5.63. The van der Waals surface area contributed by atoms with Gasteiger partial charge in [0.2, 0.25) is 16.0 Å². The van der Waals surface area contributed by atoms with Crippen molar-refractivity contribution in [3.63, 3.8) is 0 Å². The van der Waals surface area contributed by atoms with Gasteiger partial charge in [-0.1, -0.05) is 11.3 Å². The van der Waals surface area contributed by atoms with Crippen molar-refractivity contribution < 1.29 is 13.9 Å². The summed E-state index contributed by atoms with van der Waals surface area (Å²) >= 11 is 3.22. The number of anilines is 1. The summed E-state index contributed by atoms with van der Waals surface area (Å²) in [5.74, 6) is -0.887. The largest absolute Gasteiger partial charge is 0.489 e. The molecule has 0 aliphatic carbocycles. The molecule has 4 rings (SSSR count). The molecule has 0 spiro atoms. The molecule has 1 N–H and O–H groups in total. The average molecular weight is 539 g/mol. The molecule has 4 aromatic heterocycles. The first-order valence-electron chi connectivity index (χ1n) is 8.45. The van der Waals surface area contributed by atoms with Gasteiger partial charge < -0.3 is 9.15 Å². The van der Waals surface area contributed by atoms with Crippen molar-refractivity contribution >= 4 is 45.0 Å². The van der Waals surface area contributed by atoms with Crippen LogP contribution in [-0.4, -0.2) is 42.8 Å². The van der Waals surface area contributed by atoms with Crippen LogP contribution in [0.1, 0.15) is 16.2 Å². The van der Waals surface area contributed by atoms with Crippen molar-refractivity contribution in [3.05, 3.63) is 50.0 Å². The number of halogens is 1. The molecule has 0 radical (unpaired) electrons. The second-order valence-corrected chi connectivity index (χ2v) is 8.19. The first-order valence-corrected chi connectivity index (χ1v) is 10.3. The van der Waals surface area contributed by atoms with Gasteiger partial charge in [0.05, 0.1) is 16.2 Å². The summed E-state index contributed by atoms with van der Waals surface area (Å²) in [5.41, 5.74) is 0.949. The quantitative estimate of drug-likeness (QED) is 0.383. The standard InChI is InChI=1S/C17H14IN7O4S/c1-8-4-5-19-25(8)17-22-21-16(30-17)20-14(26)11-6-9(13(28-3)15(27)29-11)12-10(18)7-24(2)23-12/h4-7H,1-3H3,(H,20,21,26). The molecule has 4 heterocycles. The fourth-order valence-corrected chi connectivity index (χ4v) is 4.24. The topological polar surface area (TPSA) is 130 Å². The molecular formula is C17H14IN7O4S. The highest BCUT2D eigenvalue weighted by Gasteiger charge is 2.22. The van der Waals surface area contributed by atoms with Gasteiger partial charge in [0.1, 0.15) is 5.69 Å². The molecule has 0 unspecified atom stereocenters. The number of carbonyl (C=O) groups excluding carboxylic acids is 1. The fraction of sp³-hybridized carbons (Fsp3) is 0.176. The Morgan fingerprint density at radius 1 is 1.37 bits per heavy atom. The molecule has 0 saturated heterocycles. The highest BCUT2D eigenvalue weighted by molar-refractivity contribution is 14.1. The summed E-state index contributed by atoms with van der Waals surface area (Å²) in [6, 6.07) is 3.24. The van der Waals surface area contributed by atoms with Gasteiger partial charge in [-0.2, -0.15) is 10.2 Å². The monoisotopic (exact) mass is 539 g/mol. The summed E-state index contributed by atoms with van der Waals surface area (Å²) in [5, 5.41) is 19.8. The van der Waals surface area contributed by atoms with Crippen LogP contribution in [0.15, 0.2) is 33.7 Å². The van der Waals surface area contributed by atoms with Gasteiger partial charge in [-0.3, -0.25) is 14.8 Å². The van der Waals surface area contributed by atoms with Crippen molar-refractivity contribution in [2.45, 2.75) is 6.92 Å². The lowest BCUT2D eigenvalue weighted by Gasteiger charge is -2.07. The van der Waals surface area contributed by atoms with Crippen molar-refractivity contribution in [3.8, 4) is 22.1 Å². The maximum Gasteiger partial charge on any atom is 0.379 e. The second-order valence-electron chi connectivity index (χ2n) is 6.07. The minimum absolute atomic E-state index is 0.0319. The first kappa shape index (κ1) is 20.2. The Bertz CT molecular complexity index is 1310. The van der Waals surface area contributed by atoms with E-state index in [4.69, 9.17) is 9.15 Å². The average Bonchev–Trinajstić information content (AvgIpc) is 3.41. The molecule has 154 valence electrons. The number of ether oxygens (including phenoxy) is 1. The van der Waals surface area contributed by atoms with Gasteiger partial charge >= 0.3 is 5.63 Å². The molecule has 0 aliphatic rings. The van der Waals surface area contributed by atoms with Crippen LogP contribution < -0.4 is 15.7 Å². The molecule has 1 amide bonds. The molecule has 11 nitrogen and oxygen atoms in total. The van der Waals surface area contributed by atoms with E-state index in [1.54, 1.807) is 28.8 Å². The third kappa shape index (κ3) is 3.72. The zero-order chi connectivity index (χ0) is 21.4. The Morgan fingerprint density at radius 2 is 2.17 bits per heavy atom. The zero-order valence-electron chi connectivity index (χ0n) is 15.9. The van der Waals surface area contributed by atoms with E-state index in [1.807, 2.05) is 13.0 Å². The van der Waals surface area contributed by atoms with Crippen LogP contribution >= 0.6 is 33.9 Å². The minimum Gasteiger partial charge on any atom is -0.489 e. The van der Waals surface area contributed by atoms with E-state index in [1.165, 1.54) is 13.2 Å². The Balaban J connectivity index is 1.67. The zero-order valence-corrected chi connectivity index (χ0v) is 18.9. The fourth-order valence-electron chi connectivity index (χ4n) is 2.69. The molecule has 0 bridgehead atoms. The number of nitrogens with one attached hydrogen (secondary N) is 1. The molecule has 0 aromatic carbocycles. The Kier molecular flexibility index (Phi) is 5.38. The highest BCUT2D eigenvalue weighted by atomic mass is 127. The van der Waals surface area contributed by atoms with E-state index in [2.05, 4.69) is 48.3 Å². The molecule has 30 heavy (non-hydrogen) atoms. The maximum atomic E-state index is 12.7. The van der Waals surface area contributed by atoms with Crippen molar-refractivity contribution in [2.75, 3.05) is 12.4 Å². The normalized spacial score (nSPS) is 10.9. The Labute approximate surface area is 186 Å². The van der Waals surface area contributed by atoms with Gasteiger partial charge in [0.25, 0.3) is 5.91 Å². The third-order valence-electron chi connectivity index (χ3n) is 4.02. The van der Waals surface area contributed by atoms with E-state index in [9.17, 15) is 9.59 Å². The van der Waals surface area contributed by atoms with Gasteiger partial charge in [-0.05, 0) is 35.6 Å². The summed E-state index contributed by atoms with van der Waals surface area (Å²) in [6.45, 7) is 1.87. The number of amides is 1. The summed E-state index contributed by atoms with van der Waals surface area (Å²) in [4.78, 5) is 25.1. The molecule has 0 saturated carbocycles. The number of carbonyl (C=O) groups is 1. The van der Waals surface area contributed by atoms with Crippen LogP contribution in [0.2, 0.25) is 0 Å². The molecule has 0 aliphatic heterocycles. The van der Waals surface area contributed by atoms with E-state index in [0.29, 0.717) is 16.4 Å². The predicted octanol–water partition coefficient (Wildman–Crippen LogP) is 2.25. The van der Waals surface area contributed by atoms with Gasteiger partial charge in [0, 0.05) is 31.2 Å². The smallest absolute Gasteiger partial charge is 0.379 e. The number of nitrogens with zero attached hydrogens (tertiary/aromatic N) is 6. The van der Waals surface area contributed by atoms with Crippen LogP contribution in [0.25, 0.3) is 16.4 Å². The van der Waals surface area contributed by atoms with Gasteiger partial charge in [0.15, 0.2) is 5.76 Å². The Hall–Kier alpha value is -3.07. The number of hydrogen-bond donors (Lipinski definition) is 1. The first-order chi connectivity index (χ1) is 14.4.